The highest BCUT2D eigenvalue weighted by atomic mass is 19.3. The first-order valence-electron chi connectivity index (χ1n) is 8.38. The minimum atomic E-state index is -2.95. The molecule has 2 aliphatic heterocycles. The number of nitrogens with zero attached hydrogens (tertiary/aromatic N) is 3. The lowest BCUT2D eigenvalue weighted by Crippen LogP contribution is -2.30. The lowest BCUT2D eigenvalue weighted by atomic mass is 9.97. The Morgan fingerprint density at radius 1 is 1.15 bits per heavy atom. The zero-order chi connectivity index (χ0) is 18.0. The van der Waals surface area contributed by atoms with Crippen molar-refractivity contribution in [1.82, 2.24) is 14.5 Å². The van der Waals surface area contributed by atoms with Gasteiger partial charge in [0.1, 0.15) is 11.6 Å². The average Bonchev–Trinajstić information content (AvgIpc) is 3.14. The van der Waals surface area contributed by atoms with Gasteiger partial charge < -0.3 is 14.2 Å². The van der Waals surface area contributed by atoms with Crippen LogP contribution in [0.15, 0.2) is 42.5 Å². The number of fused-ring (bicyclic) bond motifs is 9. The minimum absolute atomic E-state index is 0.0514. The topological polar surface area (TPSA) is 47.4 Å². The van der Waals surface area contributed by atoms with Crippen LogP contribution in [-0.4, -0.2) is 34.0 Å². The molecule has 1 amide bonds. The van der Waals surface area contributed by atoms with Crippen molar-refractivity contribution in [3.63, 3.8) is 0 Å². The van der Waals surface area contributed by atoms with Crippen LogP contribution < -0.4 is 4.74 Å². The number of alkyl halides is 2. The third-order valence-corrected chi connectivity index (χ3v) is 5.31. The maximum Gasteiger partial charge on any atom is 0.387 e. The number of carbonyl (C=O) groups excluding carboxylic acids is 1. The van der Waals surface area contributed by atoms with Gasteiger partial charge in [-0.05, 0) is 24.3 Å². The van der Waals surface area contributed by atoms with Crippen LogP contribution in [0.25, 0.3) is 11.0 Å². The third-order valence-electron chi connectivity index (χ3n) is 5.31. The Bertz CT molecular complexity index is 1050. The summed E-state index contributed by atoms with van der Waals surface area (Å²) in [7, 11) is 1.73. The molecule has 0 N–H and O–H groups in total. The molecule has 132 valence electrons. The summed E-state index contributed by atoms with van der Waals surface area (Å²) in [5.74, 6) is 0.630. The number of hydrogen-bond donors (Lipinski definition) is 0. The molecule has 0 spiro atoms. The summed E-state index contributed by atoms with van der Waals surface area (Å²) in [6.07, 6.45) is 0.589. The van der Waals surface area contributed by atoms with Crippen LogP contribution >= 0.6 is 0 Å². The number of carbonyl (C=O) groups is 1. The lowest BCUT2D eigenvalue weighted by Gasteiger charge is -2.24. The van der Waals surface area contributed by atoms with Gasteiger partial charge in [-0.1, -0.05) is 18.2 Å². The average molecular weight is 355 g/mol. The van der Waals surface area contributed by atoms with E-state index < -0.39 is 6.61 Å². The SMILES string of the molecule is CN1C(=O)c2cccc(OC(F)F)c2C2CC1c1nc3ccccc3n12. The van der Waals surface area contributed by atoms with Gasteiger partial charge in [-0.25, -0.2) is 4.98 Å². The Hall–Kier alpha value is -2.96. The van der Waals surface area contributed by atoms with E-state index in [1.54, 1.807) is 24.1 Å². The van der Waals surface area contributed by atoms with E-state index in [0.717, 1.165) is 16.9 Å². The molecular formula is C19H15F2N3O2. The van der Waals surface area contributed by atoms with E-state index in [1.807, 2.05) is 24.3 Å². The molecule has 0 saturated heterocycles. The fourth-order valence-electron chi connectivity index (χ4n) is 4.23. The van der Waals surface area contributed by atoms with E-state index in [1.165, 1.54) is 6.07 Å². The quantitative estimate of drug-likeness (QED) is 0.703. The number of imidazole rings is 1. The number of amides is 1. The van der Waals surface area contributed by atoms with E-state index >= 15 is 0 Å². The number of hydrogen-bond acceptors (Lipinski definition) is 3. The Labute approximate surface area is 147 Å². The van der Waals surface area contributed by atoms with Crippen molar-refractivity contribution < 1.29 is 18.3 Å². The monoisotopic (exact) mass is 355 g/mol. The van der Waals surface area contributed by atoms with Crippen molar-refractivity contribution in [3.8, 4) is 5.75 Å². The van der Waals surface area contributed by atoms with Crippen LogP contribution in [-0.2, 0) is 0 Å². The summed E-state index contributed by atoms with van der Waals surface area (Å²) in [6.45, 7) is -2.95. The zero-order valence-corrected chi connectivity index (χ0v) is 13.9. The Balaban J connectivity index is 1.82. The summed E-state index contributed by atoms with van der Waals surface area (Å²) in [4.78, 5) is 19.3. The predicted molar refractivity (Wildman–Crippen MR) is 90.4 cm³/mol. The van der Waals surface area contributed by atoms with Gasteiger partial charge in [0.15, 0.2) is 0 Å². The van der Waals surface area contributed by atoms with E-state index in [-0.39, 0.29) is 23.7 Å². The van der Waals surface area contributed by atoms with E-state index in [9.17, 15) is 13.6 Å². The van der Waals surface area contributed by atoms with E-state index in [2.05, 4.69) is 4.57 Å². The molecule has 2 atom stereocenters. The predicted octanol–water partition coefficient (Wildman–Crippen LogP) is 3.76. The summed E-state index contributed by atoms with van der Waals surface area (Å²) in [5.41, 5.74) is 2.67. The molecular weight excluding hydrogens is 340 g/mol. The van der Waals surface area contributed by atoms with Gasteiger partial charge in [0.25, 0.3) is 5.91 Å². The molecule has 5 rings (SSSR count). The smallest absolute Gasteiger partial charge is 0.387 e. The van der Waals surface area contributed by atoms with Crippen LogP contribution in [0.1, 0.15) is 40.3 Å². The molecule has 2 bridgehead atoms. The van der Waals surface area contributed by atoms with Gasteiger partial charge in [-0.15, -0.1) is 0 Å². The molecule has 2 unspecified atom stereocenters. The normalized spacial score (nSPS) is 21.1. The molecule has 0 saturated carbocycles. The number of rotatable bonds is 2. The molecule has 3 heterocycles. The van der Waals surface area contributed by atoms with Crippen LogP contribution in [0.2, 0.25) is 0 Å². The van der Waals surface area contributed by atoms with Gasteiger partial charge in [0, 0.05) is 24.6 Å². The second kappa shape index (κ2) is 5.27. The summed E-state index contributed by atoms with van der Waals surface area (Å²) in [6, 6.07) is 12.0. The van der Waals surface area contributed by atoms with Crippen molar-refractivity contribution >= 4 is 16.9 Å². The summed E-state index contributed by atoms with van der Waals surface area (Å²) >= 11 is 0. The Morgan fingerprint density at radius 3 is 2.77 bits per heavy atom. The second-order valence-corrected chi connectivity index (χ2v) is 6.61. The maximum absolute atomic E-state index is 13.0. The van der Waals surface area contributed by atoms with Crippen LogP contribution in [0.3, 0.4) is 0 Å². The molecule has 5 nitrogen and oxygen atoms in total. The Kier molecular flexibility index (Phi) is 3.10. The van der Waals surface area contributed by atoms with Crippen molar-refractivity contribution in [1.29, 1.82) is 0 Å². The third kappa shape index (κ3) is 1.94. The highest BCUT2D eigenvalue weighted by Gasteiger charge is 2.44. The second-order valence-electron chi connectivity index (χ2n) is 6.61. The first-order valence-corrected chi connectivity index (χ1v) is 8.38. The number of ether oxygens (including phenoxy) is 1. The number of para-hydroxylation sites is 2. The first-order chi connectivity index (χ1) is 12.6. The van der Waals surface area contributed by atoms with Gasteiger partial charge in [-0.2, -0.15) is 8.78 Å². The molecule has 2 aromatic carbocycles. The van der Waals surface area contributed by atoms with Crippen LogP contribution in [0.5, 0.6) is 5.75 Å². The standard InChI is InChI=1S/C19H15F2N3O2/c1-23-14-9-13(24-12-7-3-2-6-11(12)22-17(14)24)16-10(18(23)25)5-4-8-15(16)26-19(20)21/h2-8,13-14,19H,9H2,1H3. The van der Waals surface area contributed by atoms with Gasteiger partial charge >= 0.3 is 6.61 Å². The van der Waals surface area contributed by atoms with Crippen LogP contribution in [0, 0.1) is 0 Å². The Morgan fingerprint density at radius 2 is 1.96 bits per heavy atom. The first kappa shape index (κ1) is 15.3. The number of halogens is 2. The van der Waals surface area contributed by atoms with Gasteiger partial charge in [0.2, 0.25) is 0 Å². The fraction of sp³-hybridized carbons (Fsp3) is 0.263. The molecule has 26 heavy (non-hydrogen) atoms. The van der Waals surface area contributed by atoms with E-state index in [4.69, 9.17) is 9.72 Å². The molecule has 7 heteroatoms. The number of benzene rings is 2. The largest absolute Gasteiger partial charge is 0.434 e. The van der Waals surface area contributed by atoms with Gasteiger partial charge in [0.05, 0.1) is 23.1 Å². The molecule has 1 aromatic heterocycles. The minimum Gasteiger partial charge on any atom is -0.434 e. The molecule has 0 aliphatic carbocycles. The van der Waals surface area contributed by atoms with Crippen molar-refractivity contribution in [2.75, 3.05) is 7.05 Å². The molecule has 0 radical (unpaired) electrons. The zero-order valence-electron chi connectivity index (χ0n) is 13.9. The maximum atomic E-state index is 13.0. The van der Waals surface area contributed by atoms with Crippen molar-refractivity contribution in [3.05, 3.63) is 59.4 Å². The molecule has 0 fully saturated rings. The molecule has 3 aromatic rings. The van der Waals surface area contributed by atoms with Crippen LogP contribution in [0.4, 0.5) is 8.78 Å². The highest BCUT2D eigenvalue weighted by molar-refractivity contribution is 5.97. The van der Waals surface area contributed by atoms with E-state index in [0.29, 0.717) is 17.5 Å². The van der Waals surface area contributed by atoms with Crippen molar-refractivity contribution in [2.24, 2.45) is 0 Å². The van der Waals surface area contributed by atoms with Gasteiger partial charge in [-0.3, -0.25) is 4.79 Å². The fourth-order valence-corrected chi connectivity index (χ4v) is 4.23. The summed E-state index contributed by atoms with van der Waals surface area (Å²) < 4.78 is 32.7. The summed E-state index contributed by atoms with van der Waals surface area (Å²) in [5, 5.41) is 0. The van der Waals surface area contributed by atoms with Crippen molar-refractivity contribution in [2.45, 2.75) is 25.1 Å². The number of aromatic nitrogens is 2. The lowest BCUT2D eigenvalue weighted by molar-refractivity contribution is -0.0507. The highest BCUT2D eigenvalue weighted by Crippen LogP contribution is 2.49. The molecule has 2 aliphatic rings.